The predicted octanol–water partition coefficient (Wildman–Crippen LogP) is 3.97. The van der Waals surface area contributed by atoms with Crippen LogP contribution in [-0.2, 0) is 9.59 Å². The van der Waals surface area contributed by atoms with Crippen molar-refractivity contribution in [2.45, 2.75) is 6.92 Å². The molecule has 2 heterocycles. The minimum Gasteiger partial charge on any atom is -0.459 e. The summed E-state index contributed by atoms with van der Waals surface area (Å²) in [6.45, 7) is 1.95. The van der Waals surface area contributed by atoms with Crippen LogP contribution in [0.3, 0.4) is 0 Å². The van der Waals surface area contributed by atoms with Crippen LogP contribution in [0.4, 0.5) is 5.69 Å². The normalized spacial score (nSPS) is 9.83. The molecule has 0 atom stereocenters. The van der Waals surface area contributed by atoms with E-state index in [1.807, 2.05) is 37.3 Å². The Morgan fingerprint density at radius 2 is 1.72 bits per heavy atom. The van der Waals surface area contributed by atoms with Crippen LogP contribution in [0.1, 0.15) is 15.9 Å². The first-order valence-electron chi connectivity index (χ1n) is 8.46. The largest absolute Gasteiger partial charge is 0.459 e. The molecule has 2 aromatic carbocycles. The molecule has 4 aromatic rings. The first-order valence-corrected chi connectivity index (χ1v) is 8.46. The number of carbonyl (C=O) groups is 1. The van der Waals surface area contributed by atoms with Crippen LogP contribution in [0.25, 0.3) is 23.1 Å². The molecule has 0 spiro atoms. The molecule has 0 bridgehead atoms. The summed E-state index contributed by atoms with van der Waals surface area (Å²) >= 11 is 0. The number of nitrogens with zero attached hydrogens (tertiary/aromatic N) is 2. The summed E-state index contributed by atoms with van der Waals surface area (Å²) in [5.74, 6) is 0.988. The van der Waals surface area contributed by atoms with Gasteiger partial charge in [-0.1, -0.05) is 23.8 Å². The number of aryl methyl sites for hydroxylation is 1. The highest BCUT2D eigenvalue weighted by Gasteiger charge is 2.13. The lowest BCUT2D eigenvalue weighted by atomic mass is 10.1. The van der Waals surface area contributed by atoms with E-state index in [1.54, 1.807) is 36.6 Å². The van der Waals surface area contributed by atoms with E-state index >= 15 is 0 Å². The Kier molecular flexibility index (Phi) is 6.09. The average molecular weight is 389 g/mol. The van der Waals surface area contributed by atoms with Crippen LogP contribution < -0.4 is 5.32 Å². The maximum Gasteiger partial charge on any atom is 0.373 e. The second-order valence-corrected chi connectivity index (χ2v) is 5.88. The molecule has 144 valence electrons. The molecule has 0 aliphatic carbocycles. The fraction of sp³-hybridized carbons (Fsp3) is 0.0476. The molecule has 0 saturated heterocycles. The zero-order valence-electron chi connectivity index (χ0n) is 15.3. The summed E-state index contributed by atoms with van der Waals surface area (Å²) in [6, 6.07) is 18.2. The van der Waals surface area contributed by atoms with Gasteiger partial charge in [-0.3, -0.25) is 4.79 Å². The van der Waals surface area contributed by atoms with E-state index in [9.17, 15) is 4.79 Å². The molecule has 8 heteroatoms. The third kappa shape index (κ3) is 4.91. The first kappa shape index (κ1) is 19.5. The molecule has 0 radical (unpaired) electrons. The average Bonchev–Trinajstić information content (AvgIpc) is 3.41. The van der Waals surface area contributed by atoms with Gasteiger partial charge in [0.05, 0.1) is 6.26 Å². The Bertz CT molecular complexity index is 1140. The van der Waals surface area contributed by atoms with E-state index in [0.29, 0.717) is 34.4 Å². The van der Waals surface area contributed by atoms with Crippen molar-refractivity contribution in [1.29, 1.82) is 0 Å². The molecule has 0 fully saturated rings. The smallest absolute Gasteiger partial charge is 0.373 e. The Balaban J connectivity index is 0.000000755. The van der Waals surface area contributed by atoms with Gasteiger partial charge >= 0.3 is 6.15 Å². The Morgan fingerprint density at radius 3 is 2.45 bits per heavy atom. The van der Waals surface area contributed by atoms with Crippen molar-refractivity contribution in [2.75, 3.05) is 5.32 Å². The highest BCUT2D eigenvalue weighted by Crippen LogP contribution is 2.26. The number of benzene rings is 2. The highest BCUT2D eigenvalue weighted by molar-refractivity contribution is 6.04. The fourth-order valence-electron chi connectivity index (χ4n) is 2.56. The molecular formula is C21H15N3O5. The van der Waals surface area contributed by atoms with Gasteiger partial charge in [-0.15, -0.1) is 10.2 Å². The second kappa shape index (κ2) is 9.07. The van der Waals surface area contributed by atoms with Crippen LogP contribution >= 0.6 is 0 Å². The van der Waals surface area contributed by atoms with E-state index in [0.717, 1.165) is 5.56 Å². The summed E-state index contributed by atoms with van der Waals surface area (Å²) in [6.07, 6.45) is 1.79. The van der Waals surface area contributed by atoms with Crippen LogP contribution in [0.5, 0.6) is 0 Å². The second-order valence-electron chi connectivity index (χ2n) is 5.88. The van der Waals surface area contributed by atoms with E-state index in [4.69, 9.17) is 18.4 Å². The van der Waals surface area contributed by atoms with E-state index < -0.39 is 0 Å². The van der Waals surface area contributed by atoms with Gasteiger partial charge in [0.1, 0.15) is 0 Å². The molecule has 0 aliphatic rings. The van der Waals surface area contributed by atoms with Crippen molar-refractivity contribution in [3.05, 3.63) is 78.1 Å². The zero-order valence-corrected chi connectivity index (χ0v) is 15.3. The third-order valence-electron chi connectivity index (χ3n) is 3.80. The number of nitrogens with one attached hydrogen (secondary N) is 1. The summed E-state index contributed by atoms with van der Waals surface area (Å²) in [7, 11) is 0. The van der Waals surface area contributed by atoms with Crippen LogP contribution in [-0.4, -0.2) is 22.3 Å². The molecule has 8 nitrogen and oxygen atoms in total. The van der Waals surface area contributed by atoms with E-state index in [1.165, 1.54) is 0 Å². The molecule has 1 N–H and O–H groups in total. The van der Waals surface area contributed by atoms with Gasteiger partial charge in [-0.2, -0.15) is 9.59 Å². The van der Waals surface area contributed by atoms with Gasteiger partial charge in [-0.05, 0) is 49.4 Å². The maximum atomic E-state index is 12.4. The molecule has 0 saturated carbocycles. The lowest BCUT2D eigenvalue weighted by Gasteiger charge is -2.06. The van der Waals surface area contributed by atoms with Crippen molar-refractivity contribution in [3.8, 4) is 23.1 Å². The standard InChI is InChI=1S/C20H15N3O3.CO2/c1-13-5-2-6-14(11-13)18(24)21-16-8-3-7-15(12-16)19-22-23-20(26-19)17-9-4-10-25-17;2-1-3/h2-12H,1H3,(H,21,24);. The number of amides is 1. The van der Waals surface area contributed by atoms with Gasteiger partial charge in [-0.25, -0.2) is 0 Å². The van der Waals surface area contributed by atoms with Crippen molar-refractivity contribution in [1.82, 2.24) is 10.2 Å². The topological polar surface area (TPSA) is 115 Å². The van der Waals surface area contributed by atoms with Gasteiger partial charge in [0.15, 0.2) is 5.76 Å². The van der Waals surface area contributed by atoms with E-state index in [-0.39, 0.29) is 12.1 Å². The number of hydrogen-bond donors (Lipinski definition) is 1. The SMILES string of the molecule is Cc1cccc(C(=O)Nc2cccc(-c3nnc(-c4ccco4)o3)c2)c1.O=C=O. The first-order chi connectivity index (χ1) is 14.1. The number of hydrogen-bond acceptors (Lipinski definition) is 7. The number of rotatable bonds is 4. The molecule has 4 rings (SSSR count). The third-order valence-corrected chi connectivity index (χ3v) is 3.80. The van der Waals surface area contributed by atoms with Crippen LogP contribution in [0.2, 0.25) is 0 Å². The van der Waals surface area contributed by atoms with E-state index in [2.05, 4.69) is 15.5 Å². The van der Waals surface area contributed by atoms with Gasteiger partial charge < -0.3 is 14.2 Å². The van der Waals surface area contributed by atoms with Crippen molar-refractivity contribution >= 4 is 17.7 Å². The Labute approximate surface area is 165 Å². The summed E-state index contributed by atoms with van der Waals surface area (Å²) in [4.78, 5) is 28.6. The number of carbonyl (C=O) groups excluding carboxylic acids is 3. The Hall–Kier alpha value is -4.29. The molecule has 1 amide bonds. The van der Waals surface area contributed by atoms with Crippen LogP contribution in [0.15, 0.2) is 75.8 Å². The number of aromatic nitrogens is 2. The molecule has 0 aliphatic heterocycles. The quantitative estimate of drug-likeness (QED) is 0.561. The highest BCUT2D eigenvalue weighted by atomic mass is 16.4. The summed E-state index contributed by atoms with van der Waals surface area (Å²) in [5, 5.41) is 10.9. The van der Waals surface area contributed by atoms with Gasteiger partial charge in [0.25, 0.3) is 11.8 Å². The van der Waals surface area contributed by atoms with Crippen LogP contribution in [0, 0.1) is 6.92 Å². The van der Waals surface area contributed by atoms with Crippen molar-refractivity contribution < 1.29 is 23.2 Å². The molecule has 2 aromatic heterocycles. The number of anilines is 1. The molecule has 0 unspecified atom stereocenters. The monoisotopic (exact) mass is 389 g/mol. The maximum absolute atomic E-state index is 12.4. The van der Waals surface area contributed by atoms with Gasteiger partial charge in [0, 0.05) is 16.8 Å². The van der Waals surface area contributed by atoms with Gasteiger partial charge in [0.2, 0.25) is 5.89 Å². The lowest BCUT2D eigenvalue weighted by Crippen LogP contribution is -2.11. The molecule has 29 heavy (non-hydrogen) atoms. The Morgan fingerprint density at radius 1 is 0.966 bits per heavy atom. The fourth-order valence-corrected chi connectivity index (χ4v) is 2.56. The van der Waals surface area contributed by atoms with Crippen molar-refractivity contribution in [3.63, 3.8) is 0 Å². The lowest BCUT2D eigenvalue weighted by molar-refractivity contribution is -0.191. The molecular weight excluding hydrogens is 374 g/mol. The number of furan rings is 1. The van der Waals surface area contributed by atoms with Crippen molar-refractivity contribution in [2.24, 2.45) is 0 Å². The summed E-state index contributed by atoms with van der Waals surface area (Å²) in [5.41, 5.74) is 2.99. The minimum absolute atomic E-state index is 0.173. The predicted molar refractivity (Wildman–Crippen MR) is 102 cm³/mol. The summed E-state index contributed by atoms with van der Waals surface area (Å²) < 4.78 is 10.9. The zero-order chi connectivity index (χ0) is 20.6. The minimum atomic E-state index is -0.173.